The first-order chi connectivity index (χ1) is 21.0. The van der Waals surface area contributed by atoms with E-state index in [2.05, 4.69) is 0 Å². The molecule has 240 valence electrons. The van der Waals surface area contributed by atoms with Gasteiger partial charge in [0.2, 0.25) is 23.8 Å². The summed E-state index contributed by atoms with van der Waals surface area (Å²) in [6.45, 7) is -1.40. The van der Waals surface area contributed by atoms with Crippen LogP contribution >= 0.6 is 0 Å². The van der Waals surface area contributed by atoms with Gasteiger partial charge in [-0.2, -0.15) is 0 Å². The fourth-order valence-electron chi connectivity index (χ4n) is 4.94. The zero-order valence-electron chi connectivity index (χ0n) is 23.0. The van der Waals surface area contributed by atoms with Crippen LogP contribution in [0.5, 0.6) is 23.0 Å². The van der Waals surface area contributed by atoms with Gasteiger partial charge in [-0.05, 0) is 24.3 Å². The van der Waals surface area contributed by atoms with Gasteiger partial charge in [0.15, 0.2) is 5.76 Å². The summed E-state index contributed by atoms with van der Waals surface area (Å²) in [5.41, 5.74) is -0.822. The lowest BCUT2D eigenvalue weighted by molar-refractivity contribution is -0.277. The van der Waals surface area contributed by atoms with Gasteiger partial charge in [-0.1, -0.05) is 0 Å². The highest BCUT2D eigenvalue weighted by molar-refractivity contribution is 5.88. The predicted octanol–water partition coefficient (Wildman–Crippen LogP) is -2.47. The van der Waals surface area contributed by atoms with Crippen molar-refractivity contribution in [3.05, 3.63) is 46.6 Å². The first-order valence-electron chi connectivity index (χ1n) is 13.4. The molecule has 16 heteroatoms. The molecular weight excluding hydrogens is 592 g/mol. The van der Waals surface area contributed by atoms with Gasteiger partial charge in [-0.3, -0.25) is 4.79 Å². The number of hydrogen-bond acceptors (Lipinski definition) is 16. The lowest BCUT2D eigenvalue weighted by atomic mass is 9.99. The Morgan fingerprint density at radius 3 is 1.80 bits per heavy atom. The van der Waals surface area contributed by atoms with Gasteiger partial charge in [0.1, 0.15) is 77.0 Å². The fraction of sp³-hybridized carbons (Fsp3) is 0.464. The summed E-state index contributed by atoms with van der Waals surface area (Å²) in [4.78, 5) is 13.7. The highest BCUT2D eigenvalue weighted by Gasteiger charge is 2.46. The monoisotopic (exact) mass is 624 g/mol. The van der Waals surface area contributed by atoms with E-state index in [0.717, 1.165) is 0 Å². The molecule has 2 saturated heterocycles. The van der Waals surface area contributed by atoms with Crippen molar-refractivity contribution in [1.29, 1.82) is 0 Å². The van der Waals surface area contributed by atoms with Crippen molar-refractivity contribution in [2.24, 2.45) is 0 Å². The minimum Gasteiger partial charge on any atom is -0.507 e. The van der Waals surface area contributed by atoms with Gasteiger partial charge in [0.25, 0.3) is 0 Å². The Balaban J connectivity index is 1.53. The predicted molar refractivity (Wildman–Crippen MR) is 145 cm³/mol. The van der Waals surface area contributed by atoms with E-state index >= 15 is 0 Å². The summed E-state index contributed by atoms with van der Waals surface area (Å²) in [6.07, 6.45) is -16.0. The summed E-state index contributed by atoms with van der Waals surface area (Å²) in [7, 11) is 1.34. The van der Waals surface area contributed by atoms with Crippen LogP contribution in [0, 0.1) is 0 Å². The lowest BCUT2D eigenvalue weighted by Gasteiger charge is -2.39. The molecule has 0 radical (unpaired) electrons. The molecule has 16 nitrogen and oxygen atoms in total. The lowest BCUT2D eigenvalue weighted by Crippen LogP contribution is -2.60. The second kappa shape index (κ2) is 12.8. The minimum absolute atomic E-state index is 0.0944. The van der Waals surface area contributed by atoms with Crippen molar-refractivity contribution >= 4 is 11.0 Å². The van der Waals surface area contributed by atoms with Crippen molar-refractivity contribution in [3.8, 4) is 34.3 Å². The molecule has 5 rings (SSSR count). The van der Waals surface area contributed by atoms with E-state index < -0.39 is 91.6 Å². The Bertz CT molecular complexity index is 1500. The van der Waals surface area contributed by atoms with Crippen molar-refractivity contribution in [3.63, 3.8) is 0 Å². The summed E-state index contributed by atoms with van der Waals surface area (Å²) in [5, 5.41) is 90.4. The van der Waals surface area contributed by atoms with Gasteiger partial charge >= 0.3 is 0 Å². The highest BCUT2D eigenvalue weighted by atomic mass is 16.7. The topological polar surface area (TPSA) is 258 Å². The maximum absolute atomic E-state index is 13.7. The molecule has 3 aromatic rings. The van der Waals surface area contributed by atoms with Crippen LogP contribution in [0.3, 0.4) is 0 Å². The molecule has 2 aliphatic rings. The number of phenolic OH excluding ortho intramolecular Hbond substituents is 1. The van der Waals surface area contributed by atoms with Gasteiger partial charge < -0.3 is 74.1 Å². The molecule has 0 unspecified atom stereocenters. The van der Waals surface area contributed by atoms with Crippen LogP contribution in [0.4, 0.5) is 0 Å². The third-order valence-electron chi connectivity index (χ3n) is 7.44. The third-order valence-corrected chi connectivity index (χ3v) is 7.44. The maximum atomic E-state index is 13.7. The van der Waals surface area contributed by atoms with E-state index in [1.807, 2.05) is 0 Å². The van der Waals surface area contributed by atoms with Crippen LogP contribution < -0.4 is 19.6 Å². The number of aliphatic hydroxyl groups is 8. The molecule has 1 aromatic heterocycles. The van der Waals surface area contributed by atoms with Gasteiger partial charge in [-0.15, -0.1) is 0 Å². The molecule has 0 aliphatic carbocycles. The number of hydrogen-bond donors (Lipinski definition) is 9. The summed E-state index contributed by atoms with van der Waals surface area (Å²) in [5.74, 6) is -1.05. The molecular formula is C28H32O16. The molecule has 2 fully saturated rings. The highest BCUT2D eigenvalue weighted by Crippen LogP contribution is 2.38. The van der Waals surface area contributed by atoms with Crippen LogP contribution in [0.1, 0.15) is 0 Å². The van der Waals surface area contributed by atoms with Crippen molar-refractivity contribution in [2.75, 3.05) is 20.3 Å². The zero-order chi connectivity index (χ0) is 31.9. The zero-order valence-corrected chi connectivity index (χ0v) is 23.0. The van der Waals surface area contributed by atoms with E-state index in [1.165, 1.54) is 43.5 Å². The molecule has 0 amide bonds. The van der Waals surface area contributed by atoms with Crippen molar-refractivity contribution in [2.45, 2.75) is 61.4 Å². The Kier molecular flexibility index (Phi) is 9.28. The molecule has 3 heterocycles. The average Bonchev–Trinajstić information content (AvgIpc) is 3.02. The summed E-state index contributed by atoms with van der Waals surface area (Å²) < 4.78 is 33.2. The number of benzene rings is 2. The quantitative estimate of drug-likeness (QED) is 0.126. The Morgan fingerprint density at radius 2 is 1.27 bits per heavy atom. The summed E-state index contributed by atoms with van der Waals surface area (Å²) >= 11 is 0. The maximum Gasteiger partial charge on any atom is 0.239 e. The van der Waals surface area contributed by atoms with Crippen LogP contribution in [-0.2, 0) is 9.47 Å². The van der Waals surface area contributed by atoms with Crippen LogP contribution in [0.2, 0.25) is 0 Å². The van der Waals surface area contributed by atoms with E-state index in [4.69, 9.17) is 28.1 Å². The molecule has 0 spiro atoms. The van der Waals surface area contributed by atoms with E-state index in [-0.39, 0.29) is 33.8 Å². The first kappa shape index (κ1) is 31.9. The number of aliphatic hydroxyl groups excluding tert-OH is 8. The molecule has 0 saturated carbocycles. The molecule has 44 heavy (non-hydrogen) atoms. The minimum atomic E-state index is -1.87. The van der Waals surface area contributed by atoms with Gasteiger partial charge in [0, 0.05) is 17.7 Å². The number of ether oxygens (including phenoxy) is 5. The molecule has 9 N–H and O–H groups in total. The number of fused-ring (bicyclic) bond motifs is 1. The number of methoxy groups -OCH3 is 1. The van der Waals surface area contributed by atoms with E-state index in [1.54, 1.807) is 0 Å². The number of aromatic hydroxyl groups is 1. The molecule has 0 bridgehead atoms. The molecule has 10 atom stereocenters. The standard InChI is InChI=1S/C28H32O16/c1-39-12-6-13(31)17-14(7-12)41-25(26(20(17)34)44-28-24(38)22(36)19(33)16(9-30)43-28)10-2-4-11(5-3-10)40-27-23(37)21(35)18(32)15(8-29)42-27/h2-7,15-16,18-19,21-24,27-33,35-38H,8-9H2,1H3/t15-,16-,18-,19-,21-,22-,23-,24-,27+,28-/m1/s1. The van der Waals surface area contributed by atoms with Crippen LogP contribution in [-0.4, -0.2) is 128 Å². The van der Waals surface area contributed by atoms with E-state index in [0.29, 0.717) is 0 Å². The normalized spacial score (nSPS) is 32.4. The van der Waals surface area contributed by atoms with Gasteiger partial charge in [0.05, 0.1) is 20.3 Å². The molecule has 2 aliphatic heterocycles. The van der Waals surface area contributed by atoms with Crippen molar-refractivity contribution in [1.82, 2.24) is 0 Å². The summed E-state index contributed by atoms with van der Waals surface area (Å²) in [6, 6.07) is 8.08. The SMILES string of the molecule is COc1cc(O)c2c(=O)c(O[C@H]3O[C@H](CO)[C@@H](O)[C@@H](O)[C@H]3O)c(-c3ccc(O[C@H]4O[C@H](CO)[C@@H](O)[C@@H](O)[C@H]4O)cc3)oc2c1. The third kappa shape index (κ3) is 5.80. The van der Waals surface area contributed by atoms with Crippen LogP contribution in [0.25, 0.3) is 22.3 Å². The fourth-order valence-corrected chi connectivity index (χ4v) is 4.94. The second-order valence-corrected chi connectivity index (χ2v) is 10.3. The largest absolute Gasteiger partial charge is 0.507 e. The van der Waals surface area contributed by atoms with Gasteiger partial charge in [-0.25, -0.2) is 0 Å². The second-order valence-electron chi connectivity index (χ2n) is 10.3. The smallest absolute Gasteiger partial charge is 0.239 e. The average molecular weight is 625 g/mol. The number of rotatable bonds is 8. The van der Waals surface area contributed by atoms with Crippen LogP contribution in [0.15, 0.2) is 45.6 Å². The molecule has 2 aromatic carbocycles. The Hall–Kier alpha value is -3.55. The first-order valence-corrected chi connectivity index (χ1v) is 13.4. The Labute approximate surface area is 248 Å². The Morgan fingerprint density at radius 1 is 0.727 bits per heavy atom. The van der Waals surface area contributed by atoms with E-state index in [9.17, 15) is 50.8 Å². The number of phenols is 1. The van der Waals surface area contributed by atoms with Crippen molar-refractivity contribution < 1.29 is 74.1 Å².